The average molecular weight is 255 g/mol. The van der Waals surface area contributed by atoms with Crippen LogP contribution in [0.4, 0.5) is 11.4 Å². The minimum atomic E-state index is 0.840. The van der Waals surface area contributed by atoms with Gasteiger partial charge >= 0.3 is 0 Å². The Morgan fingerprint density at radius 3 is 2.29 bits per heavy atom. The van der Waals surface area contributed by atoms with Gasteiger partial charge in [-0.05, 0) is 43.4 Å². The van der Waals surface area contributed by atoms with Gasteiger partial charge in [0.2, 0.25) is 0 Å². The van der Waals surface area contributed by atoms with Gasteiger partial charge in [0.1, 0.15) is 5.69 Å². The molecule has 4 N–H and O–H groups in total. The number of anilines is 1. The molecule has 1 aromatic carbocycles. The number of rotatable bonds is 7. The van der Waals surface area contributed by atoms with Gasteiger partial charge in [0, 0.05) is 17.8 Å². The van der Waals surface area contributed by atoms with E-state index >= 15 is 0 Å². The zero-order valence-corrected chi connectivity index (χ0v) is 12.2. The monoisotopic (exact) mass is 255 g/mol. The quantitative estimate of drug-likeness (QED) is 0.581. The van der Waals surface area contributed by atoms with E-state index in [1.807, 2.05) is 37.7 Å². The Hall–Kier alpha value is -0.670. The Kier molecular flexibility index (Phi) is 11.3. The third-order valence-electron chi connectivity index (χ3n) is 2.37. The number of thioether (sulfide) groups is 1. The van der Waals surface area contributed by atoms with Crippen LogP contribution in [0.3, 0.4) is 0 Å². The van der Waals surface area contributed by atoms with E-state index in [-0.39, 0.29) is 0 Å². The second-order valence-electron chi connectivity index (χ2n) is 3.71. The van der Waals surface area contributed by atoms with E-state index in [2.05, 4.69) is 23.7 Å². The molecular weight excluding hydrogens is 228 g/mol. The lowest BCUT2D eigenvalue weighted by Gasteiger charge is -2.01. The van der Waals surface area contributed by atoms with Crippen LogP contribution in [-0.2, 0) is 0 Å². The number of hydrogen-bond acceptors (Lipinski definition) is 2. The molecule has 0 bridgehead atoms. The summed E-state index contributed by atoms with van der Waals surface area (Å²) in [6.45, 7) is 5.18. The minimum Gasteiger partial charge on any atom is -0.399 e. The number of nitrogen functional groups attached to an aromatic ring is 1. The van der Waals surface area contributed by atoms with E-state index in [9.17, 15) is 0 Å². The van der Waals surface area contributed by atoms with Crippen molar-refractivity contribution in [3.63, 3.8) is 0 Å². The van der Waals surface area contributed by atoms with E-state index < -0.39 is 0 Å². The Morgan fingerprint density at radius 1 is 1.06 bits per heavy atom. The number of unbranched alkanes of at least 4 members (excludes halogenated alkanes) is 2. The predicted molar refractivity (Wildman–Crippen MR) is 80.9 cm³/mol. The van der Waals surface area contributed by atoms with Crippen molar-refractivity contribution < 1.29 is 5.32 Å². The summed E-state index contributed by atoms with van der Waals surface area (Å²) in [7, 11) is 0. The van der Waals surface area contributed by atoms with Crippen molar-refractivity contribution in [3.8, 4) is 0 Å². The van der Waals surface area contributed by atoms with Gasteiger partial charge in [0.15, 0.2) is 0 Å². The average Bonchev–Trinajstić information content (AvgIpc) is 2.38. The highest BCUT2D eigenvalue weighted by atomic mass is 32.2. The van der Waals surface area contributed by atoms with E-state index in [0.29, 0.717) is 0 Å². The first-order valence-corrected chi connectivity index (χ1v) is 7.90. The van der Waals surface area contributed by atoms with Gasteiger partial charge < -0.3 is 11.1 Å². The first kappa shape index (κ1) is 16.3. The molecule has 3 heteroatoms. The smallest absolute Gasteiger partial charge is 0.129 e. The lowest BCUT2D eigenvalue weighted by molar-refractivity contribution is -0.572. The third kappa shape index (κ3) is 9.07. The molecule has 0 heterocycles. The molecule has 1 aromatic rings. The zero-order valence-electron chi connectivity index (χ0n) is 11.4. The first-order valence-electron chi connectivity index (χ1n) is 6.50. The number of benzene rings is 1. The van der Waals surface area contributed by atoms with Gasteiger partial charge in [-0.25, -0.2) is 0 Å². The number of hydrogen-bond donors (Lipinski definition) is 2. The molecule has 0 saturated carbocycles. The molecule has 1 rings (SSSR count). The van der Waals surface area contributed by atoms with Gasteiger partial charge in [-0.1, -0.05) is 13.8 Å². The molecule has 0 atom stereocenters. The third-order valence-corrected chi connectivity index (χ3v) is 3.07. The summed E-state index contributed by atoms with van der Waals surface area (Å²) < 4.78 is 0. The maximum Gasteiger partial charge on any atom is 0.129 e. The number of quaternary nitrogens is 1. The summed E-state index contributed by atoms with van der Waals surface area (Å²) in [4.78, 5) is 0. The highest BCUT2D eigenvalue weighted by Gasteiger charge is 1.96. The standard InChI is InChI=1S/C12H20N2S.C2H6/c1-15-10-4-2-3-9-14-12-7-5-11(13)6-8-12;1-2/h5-8,14H,2-4,9-10,13H2,1H3;1-2H3/p+1. The highest BCUT2D eigenvalue weighted by Crippen LogP contribution is 2.05. The molecule has 0 radical (unpaired) electrons. The number of nitrogens with two attached hydrogens (primary N) is 2. The molecule has 0 aliphatic carbocycles. The first-order chi connectivity index (χ1) is 8.33. The van der Waals surface area contributed by atoms with Crippen LogP contribution in [0.25, 0.3) is 0 Å². The maximum absolute atomic E-state index is 5.62. The summed E-state index contributed by atoms with van der Waals surface area (Å²) >= 11 is 1.93. The van der Waals surface area contributed by atoms with E-state index in [1.54, 1.807) is 0 Å². The fourth-order valence-electron chi connectivity index (χ4n) is 1.47. The molecule has 0 spiro atoms. The highest BCUT2D eigenvalue weighted by molar-refractivity contribution is 7.98. The fourth-order valence-corrected chi connectivity index (χ4v) is 1.96. The van der Waals surface area contributed by atoms with Gasteiger partial charge in [-0.3, -0.25) is 0 Å². The van der Waals surface area contributed by atoms with Crippen molar-refractivity contribution >= 4 is 23.1 Å². The van der Waals surface area contributed by atoms with Crippen molar-refractivity contribution in [2.75, 3.05) is 24.3 Å². The SMILES string of the molecule is CC.CSCCCCC[NH2+]c1ccc(N)cc1. The maximum atomic E-state index is 5.62. The Balaban J connectivity index is 0.00000121. The van der Waals surface area contributed by atoms with Crippen molar-refractivity contribution in [1.29, 1.82) is 0 Å². The van der Waals surface area contributed by atoms with Crippen LogP contribution in [0.15, 0.2) is 24.3 Å². The second kappa shape index (κ2) is 11.8. The molecule has 0 saturated heterocycles. The summed E-state index contributed by atoms with van der Waals surface area (Å²) in [5, 5.41) is 2.29. The molecule has 17 heavy (non-hydrogen) atoms. The van der Waals surface area contributed by atoms with E-state index in [4.69, 9.17) is 5.73 Å². The lowest BCUT2D eigenvalue weighted by atomic mass is 10.2. The predicted octanol–water partition coefficient (Wildman–Crippen LogP) is 3.02. The topological polar surface area (TPSA) is 42.6 Å². The Labute approximate surface area is 110 Å². The van der Waals surface area contributed by atoms with Crippen molar-refractivity contribution in [1.82, 2.24) is 0 Å². The molecule has 2 nitrogen and oxygen atoms in total. The van der Waals surface area contributed by atoms with E-state index in [1.165, 1.54) is 37.2 Å². The van der Waals surface area contributed by atoms with Crippen LogP contribution in [0, 0.1) is 0 Å². The van der Waals surface area contributed by atoms with Gasteiger partial charge in [0.25, 0.3) is 0 Å². The summed E-state index contributed by atoms with van der Waals surface area (Å²) in [5.74, 6) is 1.29. The summed E-state index contributed by atoms with van der Waals surface area (Å²) in [6, 6.07) is 8.08. The molecule has 0 unspecified atom stereocenters. The largest absolute Gasteiger partial charge is 0.399 e. The normalized spacial score (nSPS) is 9.59. The molecule has 0 amide bonds. The van der Waals surface area contributed by atoms with Crippen molar-refractivity contribution in [2.24, 2.45) is 0 Å². The van der Waals surface area contributed by atoms with Gasteiger partial charge in [-0.15, -0.1) is 0 Å². The molecule has 0 fully saturated rings. The van der Waals surface area contributed by atoms with Crippen LogP contribution >= 0.6 is 11.8 Å². The van der Waals surface area contributed by atoms with Gasteiger partial charge in [-0.2, -0.15) is 11.8 Å². The Morgan fingerprint density at radius 2 is 1.71 bits per heavy atom. The molecule has 98 valence electrons. The van der Waals surface area contributed by atoms with Crippen LogP contribution in [0.2, 0.25) is 0 Å². The minimum absolute atomic E-state index is 0.840. The lowest BCUT2D eigenvalue weighted by Crippen LogP contribution is -2.77. The Bertz CT molecular complexity index is 259. The van der Waals surface area contributed by atoms with Crippen LogP contribution in [0.5, 0.6) is 0 Å². The van der Waals surface area contributed by atoms with Crippen molar-refractivity contribution in [2.45, 2.75) is 33.1 Å². The van der Waals surface area contributed by atoms with Crippen molar-refractivity contribution in [3.05, 3.63) is 24.3 Å². The second-order valence-corrected chi connectivity index (χ2v) is 4.70. The van der Waals surface area contributed by atoms with Gasteiger partial charge in [0.05, 0.1) is 6.54 Å². The molecule has 0 aliphatic heterocycles. The summed E-state index contributed by atoms with van der Waals surface area (Å²) in [6.07, 6.45) is 6.15. The zero-order chi connectivity index (χ0) is 12.9. The molecular formula is C14H27N2S+. The molecule has 0 aromatic heterocycles. The molecule has 0 aliphatic rings. The summed E-state index contributed by atoms with van der Waals surface area (Å²) in [5.41, 5.74) is 7.75. The van der Waals surface area contributed by atoms with E-state index in [0.717, 1.165) is 5.69 Å². The van der Waals surface area contributed by atoms with Crippen LogP contribution in [-0.4, -0.2) is 18.6 Å². The fraction of sp³-hybridized carbons (Fsp3) is 0.571. The van der Waals surface area contributed by atoms with Crippen LogP contribution < -0.4 is 11.1 Å². The van der Waals surface area contributed by atoms with Crippen LogP contribution in [0.1, 0.15) is 33.1 Å².